The van der Waals surface area contributed by atoms with Crippen molar-refractivity contribution in [2.24, 2.45) is 5.73 Å². The topological polar surface area (TPSA) is 46.3 Å². The molecule has 1 atom stereocenters. The van der Waals surface area contributed by atoms with E-state index in [1.807, 2.05) is 35.2 Å². The number of rotatable bonds is 2. The summed E-state index contributed by atoms with van der Waals surface area (Å²) >= 11 is 0. The number of likely N-dealkylation sites (tertiary alicyclic amines) is 1. The fourth-order valence-electron chi connectivity index (χ4n) is 2.11. The lowest BCUT2D eigenvalue weighted by Gasteiger charge is -2.29. The standard InChI is InChI=1S/C13H18N2O/c14-12(11-7-3-1-4-8-11)13(16)15-9-5-2-6-10-15/h1,3-4,7-8,12H,2,5-6,9-10,14H2/t12-/m0/s1. The van der Waals surface area contributed by atoms with Gasteiger partial charge in [-0.3, -0.25) is 4.79 Å². The van der Waals surface area contributed by atoms with E-state index in [0.29, 0.717) is 0 Å². The Bertz CT molecular complexity index is 344. The molecule has 1 aromatic carbocycles. The first-order chi connectivity index (χ1) is 7.79. The molecule has 0 unspecified atom stereocenters. The molecule has 1 aromatic rings. The molecule has 0 spiro atoms. The zero-order chi connectivity index (χ0) is 11.4. The van der Waals surface area contributed by atoms with Crippen molar-refractivity contribution in [2.45, 2.75) is 25.3 Å². The molecule has 2 rings (SSSR count). The summed E-state index contributed by atoms with van der Waals surface area (Å²) in [6.45, 7) is 1.72. The molecular formula is C13H18N2O. The quantitative estimate of drug-likeness (QED) is 0.821. The van der Waals surface area contributed by atoms with E-state index in [9.17, 15) is 4.79 Å². The highest BCUT2D eigenvalue weighted by molar-refractivity contribution is 5.83. The summed E-state index contributed by atoms with van der Waals surface area (Å²) in [5, 5.41) is 0. The van der Waals surface area contributed by atoms with Gasteiger partial charge in [-0.15, -0.1) is 0 Å². The summed E-state index contributed by atoms with van der Waals surface area (Å²) < 4.78 is 0. The third-order valence-electron chi connectivity index (χ3n) is 3.09. The minimum atomic E-state index is -0.501. The van der Waals surface area contributed by atoms with Crippen LogP contribution < -0.4 is 5.73 Å². The first-order valence-corrected chi connectivity index (χ1v) is 5.88. The van der Waals surface area contributed by atoms with Crippen molar-refractivity contribution in [1.82, 2.24) is 4.90 Å². The Labute approximate surface area is 96.2 Å². The van der Waals surface area contributed by atoms with Crippen LogP contribution >= 0.6 is 0 Å². The van der Waals surface area contributed by atoms with Crippen LogP contribution in [0.15, 0.2) is 30.3 Å². The van der Waals surface area contributed by atoms with E-state index in [4.69, 9.17) is 5.73 Å². The van der Waals surface area contributed by atoms with Gasteiger partial charge in [-0.25, -0.2) is 0 Å². The SMILES string of the molecule is N[C@H](C(=O)N1CCCCC1)c1ccccc1. The van der Waals surface area contributed by atoms with Crippen LogP contribution in [0.1, 0.15) is 30.9 Å². The first-order valence-electron chi connectivity index (χ1n) is 5.88. The van der Waals surface area contributed by atoms with Gasteiger partial charge in [0.05, 0.1) is 0 Å². The van der Waals surface area contributed by atoms with Crippen LogP contribution in [-0.4, -0.2) is 23.9 Å². The van der Waals surface area contributed by atoms with Crippen LogP contribution in [0, 0.1) is 0 Å². The Kier molecular flexibility index (Phi) is 3.57. The minimum absolute atomic E-state index is 0.0610. The van der Waals surface area contributed by atoms with Gasteiger partial charge in [-0.1, -0.05) is 30.3 Å². The van der Waals surface area contributed by atoms with Gasteiger partial charge in [-0.05, 0) is 24.8 Å². The van der Waals surface area contributed by atoms with Crippen LogP contribution in [0.25, 0.3) is 0 Å². The van der Waals surface area contributed by atoms with Gasteiger partial charge in [-0.2, -0.15) is 0 Å². The van der Waals surface area contributed by atoms with E-state index >= 15 is 0 Å². The molecule has 1 heterocycles. The second-order valence-corrected chi connectivity index (χ2v) is 4.27. The average Bonchev–Trinajstić information content (AvgIpc) is 2.39. The fourth-order valence-corrected chi connectivity index (χ4v) is 2.11. The molecule has 86 valence electrons. The highest BCUT2D eigenvalue weighted by atomic mass is 16.2. The molecule has 1 fully saturated rings. The summed E-state index contributed by atoms with van der Waals surface area (Å²) in [4.78, 5) is 14.0. The molecular weight excluding hydrogens is 200 g/mol. The van der Waals surface area contributed by atoms with Crippen molar-refractivity contribution < 1.29 is 4.79 Å². The zero-order valence-electron chi connectivity index (χ0n) is 9.43. The van der Waals surface area contributed by atoms with Crippen molar-refractivity contribution in [3.8, 4) is 0 Å². The average molecular weight is 218 g/mol. The number of hydrogen-bond donors (Lipinski definition) is 1. The lowest BCUT2D eigenvalue weighted by molar-refractivity contribution is -0.133. The molecule has 2 N–H and O–H groups in total. The molecule has 0 aliphatic carbocycles. The fraction of sp³-hybridized carbons (Fsp3) is 0.462. The molecule has 16 heavy (non-hydrogen) atoms. The Morgan fingerprint density at radius 2 is 1.75 bits per heavy atom. The summed E-state index contributed by atoms with van der Waals surface area (Å²) in [5.41, 5.74) is 6.88. The number of nitrogens with zero attached hydrogens (tertiary/aromatic N) is 1. The van der Waals surface area contributed by atoms with Crippen LogP contribution in [0.2, 0.25) is 0 Å². The Balaban J connectivity index is 2.04. The van der Waals surface area contributed by atoms with E-state index in [2.05, 4.69) is 0 Å². The molecule has 1 aliphatic heterocycles. The lowest BCUT2D eigenvalue weighted by Crippen LogP contribution is -2.41. The molecule has 0 aromatic heterocycles. The summed E-state index contributed by atoms with van der Waals surface area (Å²) in [6.07, 6.45) is 3.44. The van der Waals surface area contributed by atoms with Crippen molar-refractivity contribution >= 4 is 5.91 Å². The van der Waals surface area contributed by atoms with Crippen LogP contribution in [0.5, 0.6) is 0 Å². The smallest absolute Gasteiger partial charge is 0.244 e. The van der Waals surface area contributed by atoms with Crippen molar-refractivity contribution in [3.63, 3.8) is 0 Å². The molecule has 0 radical (unpaired) electrons. The second kappa shape index (κ2) is 5.12. The molecule has 1 saturated heterocycles. The van der Waals surface area contributed by atoms with Gasteiger partial charge in [0, 0.05) is 13.1 Å². The van der Waals surface area contributed by atoms with Gasteiger partial charge >= 0.3 is 0 Å². The Morgan fingerprint density at radius 3 is 2.38 bits per heavy atom. The molecule has 3 nitrogen and oxygen atoms in total. The molecule has 1 amide bonds. The third-order valence-corrected chi connectivity index (χ3v) is 3.09. The number of benzene rings is 1. The van der Waals surface area contributed by atoms with E-state index in [0.717, 1.165) is 31.5 Å². The van der Waals surface area contributed by atoms with Crippen LogP contribution in [0.3, 0.4) is 0 Å². The van der Waals surface area contributed by atoms with Crippen LogP contribution in [0.4, 0.5) is 0 Å². The number of carbonyl (C=O) groups is 1. The lowest BCUT2D eigenvalue weighted by atomic mass is 10.0. The first kappa shape index (κ1) is 11.1. The Morgan fingerprint density at radius 1 is 1.12 bits per heavy atom. The largest absolute Gasteiger partial charge is 0.341 e. The number of carbonyl (C=O) groups excluding carboxylic acids is 1. The number of hydrogen-bond acceptors (Lipinski definition) is 2. The van der Waals surface area contributed by atoms with E-state index < -0.39 is 6.04 Å². The minimum Gasteiger partial charge on any atom is -0.341 e. The van der Waals surface area contributed by atoms with Crippen LogP contribution in [-0.2, 0) is 4.79 Å². The second-order valence-electron chi connectivity index (χ2n) is 4.27. The summed E-state index contributed by atoms with van der Waals surface area (Å²) in [6, 6.07) is 9.08. The highest BCUT2D eigenvalue weighted by Crippen LogP contribution is 2.16. The molecule has 3 heteroatoms. The van der Waals surface area contributed by atoms with Gasteiger partial charge in [0.1, 0.15) is 6.04 Å². The molecule has 0 bridgehead atoms. The van der Waals surface area contributed by atoms with Gasteiger partial charge in [0.25, 0.3) is 0 Å². The maximum Gasteiger partial charge on any atom is 0.244 e. The zero-order valence-corrected chi connectivity index (χ0v) is 9.43. The number of nitrogens with two attached hydrogens (primary N) is 1. The maximum atomic E-state index is 12.1. The molecule has 0 saturated carbocycles. The van der Waals surface area contributed by atoms with Crippen molar-refractivity contribution in [3.05, 3.63) is 35.9 Å². The predicted octanol–water partition coefficient (Wildman–Crippen LogP) is 1.70. The monoisotopic (exact) mass is 218 g/mol. The van der Waals surface area contributed by atoms with Crippen molar-refractivity contribution in [2.75, 3.05) is 13.1 Å². The summed E-state index contributed by atoms with van der Waals surface area (Å²) in [7, 11) is 0. The maximum absolute atomic E-state index is 12.1. The van der Waals surface area contributed by atoms with Gasteiger partial charge < -0.3 is 10.6 Å². The number of piperidine rings is 1. The predicted molar refractivity (Wildman–Crippen MR) is 63.8 cm³/mol. The van der Waals surface area contributed by atoms with E-state index in [1.165, 1.54) is 6.42 Å². The summed E-state index contributed by atoms with van der Waals surface area (Å²) in [5.74, 6) is 0.0610. The van der Waals surface area contributed by atoms with E-state index in [1.54, 1.807) is 0 Å². The van der Waals surface area contributed by atoms with Crippen molar-refractivity contribution in [1.29, 1.82) is 0 Å². The van der Waals surface area contributed by atoms with E-state index in [-0.39, 0.29) is 5.91 Å². The number of amides is 1. The van der Waals surface area contributed by atoms with Gasteiger partial charge in [0.2, 0.25) is 5.91 Å². The third kappa shape index (κ3) is 2.42. The molecule has 1 aliphatic rings. The normalized spacial score (nSPS) is 18.2. The Hall–Kier alpha value is -1.35. The highest BCUT2D eigenvalue weighted by Gasteiger charge is 2.23. The van der Waals surface area contributed by atoms with Gasteiger partial charge in [0.15, 0.2) is 0 Å².